The first-order valence-electron chi connectivity index (χ1n) is 3.14. The second kappa shape index (κ2) is 2.46. The molecule has 48 valence electrons. The van der Waals surface area contributed by atoms with Crippen LogP contribution in [0.2, 0.25) is 0 Å². The quantitative estimate of drug-likeness (QED) is 0.536. The van der Waals surface area contributed by atoms with Crippen LogP contribution >= 0.6 is 0 Å². The minimum absolute atomic E-state index is 0.448. The maximum atomic E-state index is 5.42. The fourth-order valence-corrected chi connectivity index (χ4v) is 1.07. The Morgan fingerprint density at radius 2 is 2.50 bits per heavy atom. The van der Waals surface area contributed by atoms with Gasteiger partial charge in [0.1, 0.15) is 0 Å². The monoisotopic (exact) mass is 115 g/mol. The fraction of sp³-hybridized carbons (Fsp3) is 1.00. The third kappa shape index (κ3) is 1.20. The van der Waals surface area contributed by atoms with Crippen molar-refractivity contribution in [3.05, 3.63) is 0 Å². The summed E-state index contributed by atoms with van der Waals surface area (Å²) in [5, 5.41) is 0. The van der Waals surface area contributed by atoms with E-state index in [0.717, 1.165) is 19.6 Å². The first kappa shape index (κ1) is 6.05. The number of nitrogens with two attached hydrogens (primary N) is 1. The standard InChI is InChI=1S/C6H13NO/c1-5-2-6(3-7)4-8-5/h5-6H,2-4,7H2,1H3/t5-,6-/m1/s1. The predicted molar refractivity (Wildman–Crippen MR) is 32.6 cm³/mol. The van der Waals surface area contributed by atoms with Crippen molar-refractivity contribution in [1.82, 2.24) is 0 Å². The van der Waals surface area contributed by atoms with Crippen molar-refractivity contribution in [1.29, 1.82) is 0 Å². The minimum Gasteiger partial charge on any atom is -0.378 e. The highest BCUT2D eigenvalue weighted by Gasteiger charge is 2.19. The SMILES string of the molecule is C[C@@H]1C[C@H](CN)CO1. The van der Waals surface area contributed by atoms with Crippen LogP contribution in [0.1, 0.15) is 13.3 Å². The predicted octanol–water partition coefficient (Wildman–Crippen LogP) is 0.370. The van der Waals surface area contributed by atoms with Crippen LogP contribution in [0.15, 0.2) is 0 Å². The molecule has 0 saturated carbocycles. The van der Waals surface area contributed by atoms with Gasteiger partial charge in [-0.1, -0.05) is 0 Å². The second-order valence-corrected chi connectivity index (χ2v) is 2.48. The van der Waals surface area contributed by atoms with Crippen LogP contribution in [0.3, 0.4) is 0 Å². The molecular formula is C6H13NO. The molecule has 0 aliphatic carbocycles. The largest absolute Gasteiger partial charge is 0.378 e. The zero-order chi connectivity index (χ0) is 5.98. The van der Waals surface area contributed by atoms with E-state index in [1.165, 1.54) is 0 Å². The molecule has 0 aromatic rings. The lowest BCUT2D eigenvalue weighted by Crippen LogP contribution is -2.13. The molecule has 1 aliphatic heterocycles. The van der Waals surface area contributed by atoms with E-state index in [2.05, 4.69) is 6.92 Å². The molecule has 1 aliphatic rings. The zero-order valence-corrected chi connectivity index (χ0v) is 5.26. The van der Waals surface area contributed by atoms with Gasteiger partial charge in [0, 0.05) is 0 Å². The molecule has 1 saturated heterocycles. The van der Waals surface area contributed by atoms with Crippen molar-refractivity contribution in [2.24, 2.45) is 11.7 Å². The van der Waals surface area contributed by atoms with Gasteiger partial charge in [-0.25, -0.2) is 0 Å². The Morgan fingerprint density at radius 1 is 1.75 bits per heavy atom. The Bertz CT molecular complexity index is 74.9. The van der Waals surface area contributed by atoms with E-state index in [-0.39, 0.29) is 0 Å². The summed E-state index contributed by atoms with van der Waals surface area (Å²) in [7, 11) is 0. The average molecular weight is 115 g/mol. The first-order valence-corrected chi connectivity index (χ1v) is 3.14. The van der Waals surface area contributed by atoms with Gasteiger partial charge in [0.05, 0.1) is 12.7 Å². The summed E-state index contributed by atoms with van der Waals surface area (Å²) in [5.74, 6) is 0.630. The van der Waals surface area contributed by atoms with Crippen LogP contribution < -0.4 is 5.73 Å². The molecule has 0 aromatic heterocycles. The molecule has 0 aromatic carbocycles. The van der Waals surface area contributed by atoms with Crippen molar-refractivity contribution < 1.29 is 4.74 Å². The lowest BCUT2D eigenvalue weighted by atomic mass is 10.1. The van der Waals surface area contributed by atoms with E-state index < -0.39 is 0 Å². The Hall–Kier alpha value is -0.0800. The molecular weight excluding hydrogens is 102 g/mol. The summed E-state index contributed by atoms with van der Waals surface area (Å²) in [4.78, 5) is 0. The van der Waals surface area contributed by atoms with E-state index >= 15 is 0 Å². The third-order valence-corrected chi connectivity index (χ3v) is 1.62. The minimum atomic E-state index is 0.448. The average Bonchev–Trinajstić information content (AvgIpc) is 2.14. The third-order valence-electron chi connectivity index (χ3n) is 1.62. The van der Waals surface area contributed by atoms with Gasteiger partial charge in [0.25, 0.3) is 0 Å². The van der Waals surface area contributed by atoms with Gasteiger partial charge in [-0.3, -0.25) is 0 Å². The first-order chi connectivity index (χ1) is 3.83. The summed E-state index contributed by atoms with van der Waals surface area (Å²) in [5.41, 5.74) is 5.42. The van der Waals surface area contributed by atoms with Crippen molar-refractivity contribution >= 4 is 0 Å². The van der Waals surface area contributed by atoms with Gasteiger partial charge >= 0.3 is 0 Å². The Kier molecular flexibility index (Phi) is 1.86. The molecule has 1 fully saturated rings. The fourth-order valence-electron chi connectivity index (χ4n) is 1.07. The molecule has 2 nitrogen and oxygen atoms in total. The van der Waals surface area contributed by atoms with E-state index in [9.17, 15) is 0 Å². The summed E-state index contributed by atoms with van der Waals surface area (Å²) in [6.07, 6.45) is 1.60. The summed E-state index contributed by atoms with van der Waals surface area (Å²) < 4.78 is 5.28. The molecule has 8 heavy (non-hydrogen) atoms. The molecule has 0 radical (unpaired) electrons. The normalized spacial score (nSPS) is 38.2. The molecule has 2 N–H and O–H groups in total. The molecule has 2 atom stereocenters. The Balaban J connectivity index is 2.22. The number of rotatable bonds is 1. The highest BCUT2D eigenvalue weighted by Crippen LogP contribution is 2.16. The molecule has 0 spiro atoms. The molecule has 1 heterocycles. The van der Waals surface area contributed by atoms with Crippen LogP contribution in [-0.4, -0.2) is 19.3 Å². The van der Waals surface area contributed by atoms with Gasteiger partial charge in [0.15, 0.2) is 0 Å². The zero-order valence-electron chi connectivity index (χ0n) is 5.26. The van der Waals surface area contributed by atoms with Crippen molar-refractivity contribution in [2.75, 3.05) is 13.2 Å². The molecule has 0 bridgehead atoms. The van der Waals surface area contributed by atoms with Crippen LogP contribution in [-0.2, 0) is 4.74 Å². The highest BCUT2D eigenvalue weighted by molar-refractivity contribution is 4.69. The maximum Gasteiger partial charge on any atom is 0.0551 e. The van der Waals surface area contributed by atoms with E-state index in [4.69, 9.17) is 10.5 Å². The van der Waals surface area contributed by atoms with E-state index in [1.807, 2.05) is 0 Å². The molecule has 2 heteroatoms. The number of hydrogen-bond donors (Lipinski definition) is 1. The van der Waals surface area contributed by atoms with E-state index in [1.54, 1.807) is 0 Å². The highest BCUT2D eigenvalue weighted by atomic mass is 16.5. The van der Waals surface area contributed by atoms with Crippen LogP contribution in [0.5, 0.6) is 0 Å². The van der Waals surface area contributed by atoms with Crippen LogP contribution in [0, 0.1) is 5.92 Å². The molecule has 0 unspecified atom stereocenters. The Morgan fingerprint density at radius 3 is 2.75 bits per heavy atom. The summed E-state index contributed by atoms with van der Waals surface area (Å²) in [6, 6.07) is 0. The van der Waals surface area contributed by atoms with Crippen molar-refractivity contribution in [3.8, 4) is 0 Å². The van der Waals surface area contributed by atoms with Gasteiger partial charge in [0.2, 0.25) is 0 Å². The lowest BCUT2D eigenvalue weighted by Gasteiger charge is -1.98. The van der Waals surface area contributed by atoms with Crippen LogP contribution in [0.4, 0.5) is 0 Å². The topological polar surface area (TPSA) is 35.2 Å². The molecule has 1 rings (SSSR count). The second-order valence-electron chi connectivity index (χ2n) is 2.48. The summed E-state index contributed by atoms with van der Waals surface area (Å²) >= 11 is 0. The van der Waals surface area contributed by atoms with Gasteiger partial charge in [-0.15, -0.1) is 0 Å². The maximum absolute atomic E-state index is 5.42. The van der Waals surface area contributed by atoms with Gasteiger partial charge < -0.3 is 10.5 Å². The lowest BCUT2D eigenvalue weighted by molar-refractivity contribution is 0.120. The van der Waals surface area contributed by atoms with Gasteiger partial charge in [-0.05, 0) is 25.8 Å². The smallest absolute Gasteiger partial charge is 0.0551 e. The number of hydrogen-bond acceptors (Lipinski definition) is 2. The van der Waals surface area contributed by atoms with Gasteiger partial charge in [-0.2, -0.15) is 0 Å². The molecule has 0 amide bonds. The van der Waals surface area contributed by atoms with Crippen molar-refractivity contribution in [3.63, 3.8) is 0 Å². The van der Waals surface area contributed by atoms with Crippen LogP contribution in [0.25, 0.3) is 0 Å². The van der Waals surface area contributed by atoms with Crippen molar-refractivity contribution in [2.45, 2.75) is 19.4 Å². The van der Waals surface area contributed by atoms with E-state index in [0.29, 0.717) is 12.0 Å². The number of ether oxygens (including phenoxy) is 1. The summed E-state index contributed by atoms with van der Waals surface area (Å²) in [6.45, 7) is 3.75. The Labute approximate surface area is 50.0 Å².